The van der Waals surface area contributed by atoms with Crippen LogP contribution in [0.1, 0.15) is 21.7 Å². The second-order valence-electron chi connectivity index (χ2n) is 6.78. The molecule has 0 radical (unpaired) electrons. The minimum Gasteiger partial charge on any atom is -0.489 e. The number of carbonyl (C=O) groups excluding carboxylic acids is 1. The van der Waals surface area contributed by atoms with Crippen molar-refractivity contribution in [1.82, 2.24) is 5.43 Å². The summed E-state index contributed by atoms with van der Waals surface area (Å²) >= 11 is 5.94. The van der Waals surface area contributed by atoms with Crippen LogP contribution in [0.2, 0.25) is 5.02 Å². The Morgan fingerprint density at radius 3 is 2.72 bits per heavy atom. The number of nitrogens with zero attached hydrogens (tertiary/aromatic N) is 2. The van der Waals surface area contributed by atoms with E-state index in [1.54, 1.807) is 60.7 Å². The lowest BCUT2D eigenvalue weighted by Crippen LogP contribution is -2.16. The number of hydrogen-bond acceptors (Lipinski definition) is 6. The summed E-state index contributed by atoms with van der Waals surface area (Å²) in [6, 6.07) is 20.0. The van der Waals surface area contributed by atoms with E-state index in [-0.39, 0.29) is 18.1 Å². The number of halogens is 1. The molecule has 0 bridgehead atoms. The molecule has 1 N–H and O–H groups in total. The molecule has 160 valence electrons. The highest BCUT2D eigenvalue weighted by Gasteiger charge is 2.11. The van der Waals surface area contributed by atoms with Crippen molar-refractivity contribution in [2.45, 2.75) is 6.61 Å². The number of hydrazone groups is 1. The molecule has 4 aromatic rings. The third-order valence-electron chi connectivity index (χ3n) is 4.49. The third kappa shape index (κ3) is 5.11. The molecule has 0 spiro atoms. The van der Waals surface area contributed by atoms with E-state index in [0.717, 1.165) is 10.9 Å². The Hall–Kier alpha value is -4.17. The Bertz CT molecular complexity index is 1310. The largest absolute Gasteiger partial charge is 0.489 e. The van der Waals surface area contributed by atoms with Crippen molar-refractivity contribution >= 4 is 40.4 Å². The molecule has 0 aliphatic carbocycles. The molecule has 0 atom stereocenters. The van der Waals surface area contributed by atoms with Crippen LogP contribution in [0.4, 0.5) is 5.69 Å². The Labute approximate surface area is 187 Å². The topological polar surface area (TPSA) is 107 Å². The van der Waals surface area contributed by atoms with E-state index in [0.29, 0.717) is 21.9 Å². The van der Waals surface area contributed by atoms with Crippen LogP contribution in [0.5, 0.6) is 5.75 Å². The van der Waals surface area contributed by atoms with Gasteiger partial charge in [0.25, 0.3) is 5.69 Å². The van der Waals surface area contributed by atoms with Crippen molar-refractivity contribution in [3.8, 4) is 5.75 Å². The van der Waals surface area contributed by atoms with Gasteiger partial charge in [-0.3, -0.25) is 14.9 Å². The number of ether oxygens (including phenoxy) is 1. The minimum atomic E-state index is -0.481. The highest BCUT2D eigenvalue weighted by molar-refractivity contribution is 6.31. The molecule has 4 rings (SSSR count). The summed E-state index contributed by atoms with van der Waals surface area (Å²) in [7, 11) is 0. The molecule has 1 heterocycles. The normalized spacial score (nSPS) is 11.0. The number of nitrogens with one attached hydrogen (secondary N) is 1. The summed E-state index contributed by atoms with van der Waals surface area (Å²) in [5, 5.41) is 16.1. The van der Waals surface area contributed by atoms with Gasteiger partial charge in [-0.15, -0.1) is 0 Å². The number of benzene rings is 3. The predicted octanol–water partition coefficient (Wildman–Crippen LogP) is 5.34. The van der Waals surface area contributed by atoms with Crippen LogP contribution in [-0.4, -0.2) is 17.0 Å². The molecule has 9 heteroatoms. The highest BCUT2D eigenvalue weighted by atomic mass is 35.5. The Morgan fingerprint density at radius 2 is 1.94 bits per heavy atom. The zero-order valence-corrected chi connectivity index (χ0v) is 17.3. The van der Waals surface area contributed by atoms with Gasteiger partial charge in [0, 0.05) is 22.5 Å². The van der Waals surface area contributed by atoms with E-state index in [1.807, 2.05) is 0 Å². The van der Waals surface area contributed by atoms with E-state index in [9.17, 15) is 14.9 Å². The number of nitro groups is 1. The van der Waals surface area contributed by atoms with E-state index in [4.69, 9.17) is 20.8 Å². The number of hydrogen-bond donors (Lipinski definition) is 1. The number of amides is 1. The molecule has 0 saturated carbocycles. The standard InChI is InChI=1S/C23H16ClN3O5/c24-18-6-9-21-17(11-18)12-22(32-21)23(28)26-25-13-15-4-7-20(8-5-15)31-14-16-2-1-3-19(10-16)27(29)30/h1-13H,14H2,(H,26,28)/b25-13+. The average molecular weight is 450 g/mol. The van der Waals surface area contributed by atoms with Crippen LogP contribution in [0, 0.1) is 10.1 Å². The molecule has 0 saturated heterocycles. The molecule has 0 aliphatic heterocycles. The van der Waals surface area contributed by atoms with Gasteiger partial charge in [-0.05, 0) is 59.7 Å². The lowest BCUT2D eigenvalue weighted by atomic mass is 10.2. The van der Waals surface area contributed by atoms with E-state index < -0.39 is 10.8 Å². The van der Waals surface area contributed by atoms with Gasteiger partial charge in [0.15, 0.2) is 5.76 Å². The quantitative estimate of drug-likeness (QED) is 0.233. The molecule has 1 amide bonds. The zero-order chi connectivity index (χ0) is 22.5. The molecule has 8 nitrogen and oxygen atoms in total. The third-order valence-corrected chi connectivity index (χ3v) is 4.72. The fourth-order valence-corrected chi connectivity index (χ4v) is 3.10. The van der Waals surface area contributed by atoms with Crippen LogP contribution in [0.25, 0.3) is 11.0 Å². The van der Waals surface area contributed by atoms with Crippen molar-refractivity contribution in [2.24, 2.45) is 5.10 Å². The van der Waals surface area contributed by atoms with Gasteiger partial charge in [0.1, 0.15) is 17.9 Å². The van der Waals surface area contributed by atoms with Crippen LogP contribution >= 0.6 is 11.6 Å². The number of rotatable bonds is 7. The Kier molecular flexibility index (Phi) is 6.14. The van der Waals surface area contributed by atoms with Gasteiger partial charge in [-0.25, -0.2) is 5.43 Å². The molecule has 0 fully saturated rings. The maximum absolute atomic E-state index is 12.2. The summed E-state index contributed by atoms with van der Waals surface area (Å²) in [5.41, 5.74) is 4.43. The first-order valence-electron chi connectivity index (χ1n) is 9.47. The first-order chi connectivity index (χ1) is 15.5. The SMILES string of the molecule is O=C(N/N=C/c1ccc(OCc2cccc([N+](=O)[O-])c2)cc1)c1cc2cc(Cl)ccc2o1. The average Bonchev–Trinajstić information content (AvgIpc) is 3.22. The molecule has 32 heavy (non-hydrogen) atoms. The van der Waals surface area contributed by atoms with Crippen molar-refractivity contribution in [1.29, 1.82) is 0 Å². The summed E-state index contributed by atoms with van der Waals surface area (Å²) in [4.78, 5) is 22.6. The van der Waals surface area contributed by atoms with Crippen LogP contribution in [0.15, 0.2) is 82.3 Å². The molecule has 0 unspecified atom stereocenters. The van der Waals surface area contributed by atoms with Gasteiger partial charge < -0.3 is 9.15 Å². The predicted molar refractivity (Wildman–Crippen MR) is 120 cm³/mol. The van der Waals surface area contributed by atoms with Crippen LogP contribution in [0.3, 0.4) is 0 Å². The van der Waals surface area contributed by atoms with E-state index in [2.05, 4.69) is 10.5 Å². The monoisotopic (exact) mass is 449 g/mol. The molecule has 3 aromatic carbocycles. The second kappa shape index (κ2) is 9.32. The minimum absolute atomic E-state index is 0.0196. The van der Waals surface area contributed by atoms with E-state index in [1.165, 1.54) is 18.3 Å². The summed E-state index contributed by atoms with van der Waals surface area (Å²) in [5.74, 6) is 0.244. The number of fused-ring (bicyclic) bond motifs is 1. The van der Waals surface area contributed by atoms with Crippen LogP contribution < -0.4 is 10.2 Å². The molecular weight excluding hydrogens is 434 g/mol. The van der Waals surface area contributed by atoms with Gasteiger partial charge in [0.2, 0.25) is 0 Å². The molecular formula is C23H16ClN3O5. The number of nitro benzene ring substituents is 1. The van der Waals surface area contributed by atoms with Crippen molar-refractivity contribution in [2.75, 3.05) is 0 Å². The van der Waals surface area contributed by atoms with Crippen molar-refractivity contribution < 1.29 is 18.9 Å². The number of carbonyl (C=O) groups is 1. The summed E-state index contributed by atoms with van der Waals surface area (Å²) in [6.07, 6.45) is 1.49. The Morgan fingerprint density at radius 1 is 1.12 bits per heavy atom. The van der Waals surface area contributed by atoms with Gasteiger partial charge in [-0.2, -0.15) is 5.10 Å². The first-order valence-corrected chi connectivity index (χ1v) is 9.84. The second-order valence-corrected chi connectivity index (χ2v) is 7.21. The van der Waals surface area contributed by atoms with Gasteiger partial charge in [-0.1, -0.05) is 23.7 Å². The smallest absolute Gasteiger partial charge is 0.307 e. The number of furan rings is 1. The van der Waals surface area contributed by atoms with Gasteiger partial charge in [0.05, 0.1) is 11.1 Å². The fourth-order valence-electron chi connectivity index (χ4n) is 2.92. The molecule has 1 aromatic heterocycles. The first kappa shape index (κ1) is 21.1. The van der Waals surface area contributed by atoms with Crippen molar-refractivity contribution in [3.05, 3.63) is 105 Å². The summed E-state index contributed by atoms with van der Waals surface area (Å²) < 4.78 is 11.1. The fraction of sp³-hybridized carbons (Fsp3) is 0.0435. The summed E-state index contributed by atoms with van der Waals surface area (Å²) in [6.45, 7) is 0.202. The van der Waals surface area contributed by atoms with Crippen LogP contribution in [-0.2, 0) is 6.61 Å². The lowest BCUT2D eigenvalue weighted by molar-refractivity contribution is -0.384. The zero-order valence-electron chi connectivity index (χ0n) is 16.5. The Balaban J connectivity index is 1.32. The molecule has 0 aliphatic rings. The van der Waals surface area contributed by atoms with Crippen molar-refractivity contribution in [3.63, 3.8) is 0 Å². The lowest BCUT2D eigenvalue weighted by Gasteiger charge is -2.06. The maximum Gasteiger partial charge on any atom is 0.307 e. The van der Waals surface area contributed by atoms with Gasteiger partial charge >= 0.3 is 5.91 Å². The number of non-ortho nitro benzene ring substituents is 1. The van der Waals surface area contributed by atoms with E-state index >= 15 is 0 Å². The highest BCUT2D eigenvalue weighted by Crippen LogP contribution is 2.23. The maximum atomic E-state index is 12.2.